The molecular formula is C13H22BrN3O. The van der Waals surface area contributed by atoms with Gasteiger partial charge in [-0.1, -0.05) is 13.8 Å². The van der Waals surface area contributed by atoms with Gasteiger partial charge < -0.3 is 5.73 Å². The third-order valence-electron chi connectivity index (χ3n) is 2.88. The Balaban J connectivity index is 3.05. The molecule has 0 radical (unpaired) electrons. The van der Waals surface area contributed by atoms with Gasteiger partial charge in [-0.25, -0.2) is 0 Å². The molecular weight excluding hydrogens is 294 g/mol. The van der Waals surface area contributed by atoms with E-state index in [2.05, 4.69) is 34.9 Å². The molecule has 0 aliphatic heterocycles. The van der Waals surface area contributed by atoms with Gasteiger partial charge >= 0.3 is 0 Å². The highest BCUT2D eigenvalue weighted by molar-refractivity contribution is 9.10. The molecule has 2 N–H and O–H groups in total. The van der Waals surface area contributed by atoms with Crippen molar-refractivity contribution in [2.75, 3.05) is 6.54 Å². The summed E-state index contributed by atoms with van der Waals surface area (Å²) < 4.78 is 2.51. The zero-order valence-corrected chi connectivity index (χ0v) is 13.1. The van der Waals surface area contributed by atoms with Crippen LogP contribution in [0.5, 0.6) is 0 Å². The summed E-state index contributed by atoms with van der Waals surface area (Å²) in [6, 6.07) is 0.160. The van der Waals surface area contributed by atoms with Gasteiger partial charge in [0.25, 0.3) is 0 Å². The Labute approximate surface area is 117 Å². The van der Waals surface area contributed by atoms with Crippen LogP contribution in [0.25, 0.3) is 0 Å². The molecule has 0 saturated heterocycles. The van der Waals surface area contributed by atoms with Crippen LogP contribution in [0.4, 0.5) is 0 Å². The van der Waals surface area contributed by atoms with Gasteiger partial charge in [0.05, 0.1) is 10.7 Å². The molecule has 0 bridgehead atoms. The van der Waals surface area contributed by atoms with Crippen molar-refractivity contribution < 1.29 is 4.79 Å². The second-order valence-electron chi connectivity index (χ2n) is 5.31. The average molecular weight is 316 g/mol. The van der Waals surface area contributed by atoms with Gasteiger partial charge in [-0.3, -0.25) is 9.48 Å². The van der Waals surface area contributed by atoms with Crippen molar-refractivity contribution >= 4 is 21.7 Å². The van der Waals surface area contributed by atoms with Crippen LogP contribution in [0.15, 0.2) is 10.7 Å². The van der Waals surface area contributed by atoms with Gasteiger partial charge in [0.15, 0.2) is 5.78 Å². The van der Waals surface area contributed by atoms with E-state index in [9.17, 15) is 4.79 Å². The minimum Gasteiger partial charge on any atom is -0.330 e. The quantitative estimate of drug-likeness (QED) is 0.821. The van der Waals surface area contributed by atoms with Gasteiger partial charge in [-0.05, 0) is 42.1 Å². The van der Waals surface area contributed by atoms with Crippen LogP contribution in [0, 0.1) is 11.8 Å². The first-order chi connectivity index (χ1) is 8.38. The third kappa shape index (κ3) is 3.42. The highest BCUT2D eigenvalue weighted by Gasteiger charge is 2.26. The van der Waals surface area contributed by atoms with Crippen molar-refractivity contribution in [3.05, 3.63) is 16.4 Å². The predicted molar refractivity (Wildman–Crippen MR) is 76.6 cm³/mol. The van der Waals surface area contributed by atoms with Crippen LogP contribution in [0.3, 0.4) is 0 Å². The normalized spacial score (nSPS) is 13.3. The Morgan fingerprint density at radius 1 is 1.44 bits per heavy atom. The molecule has 0 amide bonds. The van der Waals surface area contributed by atoms with Gasteiger partial charge in [0.1, 0.15) is 5.69 Å². The molecule has 1 rings (SSSR count). The number of ketones is 1. The molecule has 0 fully saturated rings. The fourth-order valence-electron chi connectivity index (χ4n) is 2.04. The van der Waals surface area contributed by atoms with E-state index in [-0.39, 0.29) is 17.7 Å². The zero-order chi connectivity index (χ0) is 13.9. The lowest BCUT2D eigenvalue weighted by Gasteiger charge is -2.18. The van der Waals surface area contributed by atoms with E-state index in [0.29, 0.717) is 18.2 Å². The number of nitrogens with zero attached hydrogens (tertiary/aromatic N) is 2. The van der Waals surface area contributed by atoms with E-state index in [4.69, 9.17) is 5.73 Å². The molecule has 102 valence electrons. The molecule has 4 nitrogen and oxygen atoms in total. The van der Waals surface area contributed by atoms with Gasteiger partial charge in [0.2, 0.25) is 0 Å². The van der Waals surface area contributed by atoms with Crippen LogP contribution in [0.2, 0.25) is 0 Å². The van der Waals surface area contributed by atoms with Crippen LogP contribution in [0.1, 0.15) is 50.6 Å². The number of hydrogen-bond donors (Lipinski definition) is 1. The van der Waals surface area contributed by atoms with E-state index < -0.39 is 0 Å². The maximum atomic E-state index is 12.5. The largest absolute Gasteiger partial charge is 0.330 e. The molecule has 1 aromatic rings. The van der Waals surface area contributed by atoms with E-state index in [1.165, 1.54) is 0 Å². The number of Topliss-reactive ketones (excluding diaryl/α,β-unsaturated/α-hetero) is 1. The minimum atomic E-state index is -0.129. The summed E-state index contributed by atoms with van der Waals surface area (Å²) in [7, 11) is 0. The topological polar surface area (TPSA) is 60.9 Å². The molecule has 0 aromatic carbocycles. The van der Waals surface area contributed by atoms with Crippen LogP contribution in [-0.4, -0.2) is 22.1 Å². The highest BCUT2D eigenvalue weighted by atomic mass is 79.9. The Kier molecular flexibility index (Phi) is 5.53. The highest BCUT2D eigenvalue weighted by Crippen LogP contribution is 2.24. The number of halogens is 1. The summed E-state index contributed by atoms with van der Waals surface area (Å²) in [4.78, 5) is 12.5. The molecule has 1 unspecified atom stereocenters. The van der Waals surface area contributed by atoms with E-state index in [0.717, 1.165) is 10.9 Å². The smallest absolute Gasteiger partial charge is 0.186 e. The number of nitrogens with two attached hydrogens (primary N) is 1. The Morgan fingerprint density at radius 2 is 2.06 bits per heavy atom. The Hall–Kier alpha value is -0.680. The molecule has 0 aliphatic carbocycles. The van der Waals surface area contributed by atoms with Crippen LogP contribution < -0.4 is 5.73 Å². The maximum absolute atomic E-state index is 12.5. The lowest BCUT2D eigenvalue weighted by molar-refractivity contribution is 0.0895. The van der Waals surface area contributed by atoms with Gasteiger partial charge in [-0.15, -0.1) is 0 Å². The first kappa shape index (κ1) is 15.4. The average Bonchev–Trinajstić information content (AvgIpc) is 2.66. The minimum absolute atomic E-state index is 0.0873. The summed E-state index contributed by atoms with van der Waals surface area (Å²) in [5.41, 5.74) is 6.38. The number of carbonyl (C=O) groups excluding carboxylic acids is 1. The van der Waals surface area contributed by atoms with Crippen molar-refractivity contribution in [1.82, 2.24) is 9.78 Å². The zero-order valence-electron chi connectivity index (χ0n) is 11.5. The summed E-state index contributed by atoms with van der Waals surface area (Å²) in [5, 5.41) is 4.24. The number of rotatable bonds is 6. The van der Waals surface area contributed by atoms with E-state index in [1.807, 2.05) is 13.8 Å². The van der Waals surface area contributed by atoms with Crippen LogP contribution >= 0.6 is 15.9 Å². The second kappa shape index (κ2) is 6.48. The molecule has 0 spiro atoms. The first-order valence-corrected chi connectivity index (χ1v) is 7.15. The van der Waals surface area contributed by atoms with Crippen molar-refractivity contribution in [3.63, 3.8) is 0 Å². The van der Waals surface area contributed by atoms with Crippen molar-refractivity contribution in [3.8, 4) is 0 Å². The summed E-state index contributed by atoms with van der Waals surface area (Å²) in [5.74, 6) is 0.413. The Bertz CT molecular complexity index is 412. The van der Waals surface area contributed by atoms with E-state index in [1.54, 1.807) is 10.9 Å². The summed E-state index contributed by atoms with van der Waals surface area (Å²) in [6.45, 7) is 8.61. The van der Waals surface area contributed by atoms with Crippen molar-refractivity contribution in [2.45, 2.75) is 40.2 Å². The molecule has 0 saturated carbocycles. The molecule has 0 aliphatic rings. The SMILES string of the molecule is CC(C)CC(CN)C(=O)c1c(Br)cnn1C(C)C. The summed E-state index contributed by atoms with van der Waals surface area (Å²) in [6.07, 6.45) is 2.49. The molecule has 5 heteroatoms. The fraction of sp³-hybridized carbons (Fsp3) is 0.692. The predicted octanol–water partition coefficient (Wildman–Crippen LogP) is 3.03. The van der Waals surface area contributed by atoms with Crippen LogP contribution in [-0.2, 0) is 0 Å². The van der Waals surface area contributed by atoms with Crippen molar-refractivity contribution in [1.29, 1.82) is 0 Å². The first-order valence-electron chi connectivity index (χ1n) is 6.35. The van der Waals surface area contributed by atoms with E-state index >= 15 is 0 Å². The second-order valence-corrected chi connectivity index (χ2v) is 6.16. The third-order valence-corrected chi connectivity index (χ3v) is 3.46. The van der Waals surface area contributed by atoms with Crippen molar-refractivity contribution in [2.24, 2.45) is 17.6 Å². The standard InChI is InChI=1S/C13H22BrN3O/c1-8(2)5-10(6-15)13(18)12-11(14)7-16-17(12)9(3)4/h7-10H,5-6,15H2,1-4H3. The molecule has 1 aromatic heterocycles. The number of aromatic nitrogens is 2. The maximum Gasteiger partial charge on any atom is 0.186 e. The molecule has 1 heterocycles. The lowest BCUT2D eigenvalue weighted by Crippen LogP contribution is -2.28. The number of carbonyl (C=O) groups is 1. The van der Waals surface area contributed by atoms with Gasteiger partial charge in [0, 0.05) is 18.5 Å². The monoisotopic (exact) mass is 315 g/mol. The fourth-order valence-corrected chi connectivity index (χ4v) is 2.50. The summed E-state index contributed by atoms with van der Waals surface area (Å²) >= 11 is 3.40. The van der Waals surface area contributed by atoms with Gasteiger partial charge in [-0.2, -0.15) is 5.10 Å². The lowest BCUT2D eigenvalue weighted by atomic mass is 9.92. The molecule has 18 heavy (non-hydrogen) atoms. The molecule has 1 atom stereocenters. The number of hydrogen-bond acceptors (Lipinski definition) is 3. The Morgan fingerprint density at radius 3 is 2.50 bits per heavy atom.